The summed E-state index contributed by atoms with van der Waals surface area (Å²) in [4.78, 5) is 18.7. The summed E-state index contributed by atoms with van der Waals surface area (Å²) in [6.07, 6.45) is 6.41. The van der Waals surface area contributed by atoms with Gasteiger partial charge in [0, 0.05) is 31.0 Å². The minimum atomic E-state index is 0.0413. The summed E-state index contributed by atoms with van der Waals surface area (Å²) in [7, 11) is 0. The van der Waals surface area contributed by atoms with Crippen molar-refractivity contribution in [3.05, 3.63) is 29.6 Å². The lowest BCUT2D eigenvalue weighted by molar-refractivity contribution is -0.136. The number of nitrogens with zero attached hydrogens (tertiary/aromatic N) is 2. The van der Waals surface area contributed by atoms with Crippen molar-refractivity contribution < 1.29 is 4.79 Å². The van der Waals surface area contributed by atoms with Gasteiger partial charge in [0.15, 0.2) is 0 Å². The van der Waals surface area contributed by atoms with Crippen LogP contribution < -0.4 is 5.32 Å². The van der Waals surface area contributed by atoms with Crippen LogP contribution in [-0.4, -0.2) is 34.4 Å². The van der Waals surface area contributed by atoms with Crippen molar-refractivity contribution in [1.82, 2.24) is 15.2 Å². The molecule has 1 saturated heterocycles. The van der Waals surface area contributed by atoms with Crippen LogP contribution in [-0.2, 0) is 11.3 Å². The maximum absolute atomic E-state index is 12.4. The Kier molecular flexibility index (Phi) is 3.51. The Hall–Kier alpha value is -1.42. The number of carbonyl (C=O) groups is 1. The molecule has 0 spiro atoms. The summed E-state index contributed by atoms with van der Waals surface area (Å²) in [5.41, 5.74) is 2.13. The fourth-order valence-corrected chi connectivity index (χ4v) is 2.60. The Morgan fingerprint density at radius 1 is 1.37 bits per heavy atom. The van der Waals surface area contributed by atoms with Gasteiger partial charge in [-0.1, -0.05) is 6.07 Å². The number of aryl methyl sites for hydroxylation is 1. The number of carbonyl (C=O) groups excluding carboxylic acids is 1. The van der Waals surface area contributed by atoms with E-state index in [4.69, 9.17) is 0 Å². The van der Waals surface area contributed by atoms with E-state index >= 15 is 0 Å². The molecule has 1 unspecified atom stereocenters. The Bertz CT molecular complexity index is 453. The van der Waals surface area contributed by atoms with Crippen LogP contribution in [0.2, 0.25) is 0 Å². The number of nitrogens with one attached hydrogen (secondary N) is 1. The first-order valence-corrected chi connectivity index (χ1v) is 7.19. The Morgan fingerprint density at radius 3 is 2.89 bits per heavy atom. The number of amides is 1. The normalized spacial score (nSPS) is 23.7. The standard InChI is InChI=1S/C15H21N3O/c1-11-4-5-12(9-16-11)10-18-8-2-3-14(15(18)19)17-13-6-7-13/h4-5,9,13-14,17H,2-3,6-8,10H2,1H3. The van der Waals surface area contributed by atoms with E-state index in [1.807, 2.05) is 24.1 Å². The first kappa shape index (κ1) is 12.6. The van der Waals surface area contributed by atoms with Crippen molar-refractivity contribution >= 4 is 5.91 Å². The number of pyridine rings is 1. The quantitative estimate of drug-likeness (QED) is 0.894. The van der Waals surface area contributed by atoms with Crippen molar-refractivity contribution in [2.45, 2.75) is 51.2 Å². The van der Waals surface area contributed by atoms with Gasteiger partial charge in [-0.05, 0) is 44.2 Å². The maximum atomic E-state index is 12.4. The molecule has 102 valence electrons. The fourth-order valence-electron chi connectivity index (χ4n) is 2.60. The van der Waals surface area contributed by atoms with E-state index < -0.39 is 0 Å². The maximum Gasteiger partial charge on any atom is 0.240 e. The molecular formula is C15H21N3O. The van der Waals surface area contributed by atoms with Gasteiger partial charge in [-0.3, -0.25) is 9.78 Å². The van der Waals surface area contributed by atoms with Crippen LogP contribution >= 0.6 is 0 Å². The molecule has 3 rings (SSSR count). The first-order chi connectivity index (χ1) is 9.22. The number of likely N-dealkylation sites (tertiary alicyclic amines) is 1. The molecule has 0 bridgehead atoms. The highest BCUT2D eigenvalue weighted by Crippen LogP contribution is 2.23. The van der Waals surface area contributed by atoms with Crippen LogP contribution in [0.1, 0.15) is 36.9 Å². The number of hydrogen-bond acceptors (Lipinski definition) is 3. The number of aromatic nitrogens is 1. The van der Waals surface area contributed by atoms with Gasteiger partial charge >= 0.3 is 0 Å². The molecule has 4 heteroatoms. The molecule has 1 amide bonds. The first-order valence-electron chi connectivity index (χ1n) is 7.19. The summed E-state index contributed by atoms with van der Waals surface area (Å²) in [5.74, 6) is 0.263. The molecule has 1 aromatic rings. The van der Waals surface area contributed by atoms with E-state index in [1.165, 1.54) is 12.8 Å². The fraction of sp³-hybridized carbons (Fsp3) is 0.600. The number of piperidine rings is 1. The second kappa shape index (κ2) is 5.29. The van der Waals surface area contributed by atoms with Gasteiger partial charge < -0.3 is 10.2 Å². The average Bonchev–Trinajstić information content (AvgIpc) is 3.21. The van der Waals surface area contributed by atoms with E-state index in [-0.39, 0.29) is 11.9 Å². The third-order valence-corrected chi connectivity index (χ3v) is 3.89. The summed E-state index contributed by atoms with van der Waals surface area (Å²) >= 11 is 0. The van der Waals surface area contributed by atoms with Gasteiger partial charge in [0.2, 0.25) is 5.91 Å². The molecule has 2 heterocycles. The van der Waals surface area contributed by atoms with Crippen LogP contribution in [0, 0.1) is 6.92 Å². The summed E-state index contributed by atoms with van der Waals surface area (Å²) in [6.45, 7) is 3.54. The van der Waals surface area contributed by atoms with Crippen molar-refractivity contribution in [3.8, 4) is 0 Å². The van der Waals surface area contributed by atoms with Gasteiger partial charge in [-0.15, -0.1) is 0 Å². The second-order valence-corrected chi connectivity index (χ2v) is 5.70. The molecular weight excluding hydrogens is 238 g/mol. The Balaban J connectivity index is 1.62. The van der Waals surface area contributed by atoms with Crippen LogP contribution in [0.25, 0.3) is 0 Å². The largest absolute Gasteiger partial charge is 0.337 e. The van der Waals surface area contributed by atoms with Crippen LogP contribution in [0.15, 0.2) is 18.3 Å². The highest BCUT2D eigenvalue weighted by atomic mass is 16.2. The van der Waals surface area contributed by atoms with E-state index in [0.29, 0.717) is 12.6 Å². The summed E-state index contributed by atoms with van der Waals surface area (Å²) in [5, 5.41) is 3.46. The molecule has 2 fully saturated rings. The van der Waals surface area contributed by atoms with Gasteiger partial charge in [-0.2, -0.15) is 0 Å². The van der Waals surface area contributed by atoms with Crippen molar-refractivity contribution in [2.75, 3.05) is 6.54 Å². The summed E-state index contributed by atoms with van der Waals surface area (Å²) in [6, 6.07) is 4.70. The van der Waals surface area contributed by atoms with Crippen LogP contribution in [0.4, 0.5) is 0 Å². The highest BCUT2D eigenvalue weighted by molar-refractivity contribution is 5.82. The predicted octanol–water partition coefficient (Wildman–Crippen LogP) is 1.63. The lowest BCUT2D eigenvalue weighted by atomic mass is 10.0. The van der Waals surface area contributed by atoms with Gasteiger partial charge in [0.1, 0.15) is 0 Å². The van der Waals surface area contributed by atoms with E-state index in [9.17, 15) is 4.79 Å². The van der Waals surface area contributed by atoms with Gasteiger partial charge in [0.05, 0.1) is 6.04 Å². The second-order valence-electron chi connectivity index (χ2n) is 5.70. The molecule has 1 saturated carbocycles. The molecule has 1 aromatic heterocycles. The van der Waals surface area contributed by atoms with E-state index in [0.717, 1.165) is 30.6 Å². The minimum Gasteiger partial charge on any atom is -0.337 e. The average molecular weight is 259 g/mol. The van der Waals surface area contributed by atoms with Crippen LogP contribution in [0.3, 0.4) is 0 Å². The van der Waals surface area contributed by atoms with Gasteiger partial charge in [0.25, 0.3) is 0 Å². The topological polar surface area (TPSA) is 45.2 Å². The van der Waals surface area contributed by atoms with Crippen molar-refractivity contribution in [1.29, 1.82) is 0 Å². The molecule has 2 aliphatic rings. The lowest BCUT2D eigenvalue weighted by Crippen LogP contribution is -2.50. The molecule has 1 aliphatic carbocycles. The lowest BCUT2D eigenvalue weighted by Gasteiger charge is -2.32. The predicted molar refractivity (Wildman–Crippen MR) is 73.6 cm³/mol. The third kappa shape index (κ3) is 3.13. The minimum absolute atomic E-state index is 0.0413. The van der Waals surface area contributed by atoms with E-state index in [2.05, 4.69) is 16.4 Å². The monoisotopic (exact) mass is 259 g/mol. The van der Waals surface area contributed by atoms with E-state index in [1.54, 1.807) is 0 Å². The van der Waals surface area contributed by atoms with Crippen LogP contribution in [0.5, 0.6) is 0 Å². The molecule has 0 aromatic carbocycles. The smallest absolute Gasteiger partial charge is 0.240 e. The SMILES string of the molecule is Cc1ccc(CN2CCCC(NC3CC3)C2=O)cn1. The zero-order valence-corrected chi connectivity index (χ0v) is 11.4. The highest BCUT2D eigenvalue weighted by Gasteiger charge is 2.33. The zero-order valence-electron chi connectivity index (χ0n) is 11.4. The number of rotatable bonds is 4. The third-order valence-electron chi connectivity index (χ3n) is 3.89. The zero-order chi connectivity index (χ0) is 13.2. The molecule has 4 nitrogen and oxygen atoms in total. The molecule has 19 heavy (non-hydrogen) atoms. The van der Waals surface area contributed by atoms with Crippen molar-refractivity contribution in [3.63, 3.8) is 0 Å². The molecule has 1 N–H and O–H groups in total. The van der Waals surface area contributed by atoms with Gasteiger partial charge in [-0.25, -0.2) is 0 Å². The summed E-state index contributed by atoms with van der Waals surface area (Å²) < 4.78 is 0. The number of hydrogen-bond donors (Lipinski definition) is 1. The Labute approximate surface area is 114 Å². The molecule has 0 radical (unpaired) electrons. The Morgan fingerprint density at radius 2 is 2.21 bits per heavy atom. The molecule has 1 aliphatic heterocycles. The molecule has 1 atom stereocenters. The van der Waals surface area contributed by atoms with Crippen molar-refractivity contribution in [2.24, 2.45) is 0 Å².